The first kappa shape index (κ1) is 15.1. The van der Waals surface area contributed by atoms with Gasteiger partial charge in [-0.2, -0.15) is 0 Å². The molecule has 0 aromatic heterocycles. The molecule has 19 heavy (non-hydrogen) atoms. The van der Waals surface area contributed by atoms with Crippen LogP contribution in [0.3, 0.4) is 0 Å². The standard InChI is InChI=1S/C14H20Cl2N2O/c1-17(2)8-12-6-13(19)9-18(12)7-10-3-4-11(15)5-14(10)16/h3-5,12-13,19H,6-9H2,1-2H3. The lowest BCUT2D eigenvalue weighted by Crippen LogP contribution is -2.37. The lowest BCUT2D eigenvalue weighted by Gasteiger charge is -2.27. The van der Waals surface area contributed by atoms with E-state index in [2.05, 4.69) is 23.9 Å². The minimum absolute atomic E-state index is 0.240. The van der Waals surface area contributed by atoms with Crippen LogP contribution in [0.25, 0.3) is 0 Å². The summed E-state index contributed by atoms with van der Waals surface area (Å²) in [5, 5.41) is 11.2. The molecular formula is C14H20Cl2N2O. The summed E-state index contributed by atoms with van der Waals surface area (Å²) in [6, 6.07) is 5.96. The molecule has 0 radical (unpaired) electrons. The molecule has 1 fully saturated rings. The highest BCUT2D eigenvalue weighted by Crippen LogP contribution is 2.26. The third-order valence-electron chi connectivity index (χ3n) is 3.47. The summed E-state index contributed by atoms with van der Waals surface area (Å²) in [5.74, 6) is 0. The molecule has 0 aliphatic carbocycles. The van der Waals surface area contributed by atoms with Crippen molar-refractivity contribution in [2.45, 2.75) is 25.1 Å². The van der Waals surface area contributed by atoms with Crippen molar-refractivity contribution in [1.82, 2.24) is 9.80 Å². The second-order valence-electron chi connectivity index (χ2n) is 5.47. The molecule has 1 saturated heterocycles. The van der Waals surface area contributed by atoms with Gasteiger partial charge < -0.3 is 10.0 Å². The minimum Gasteiger partial charge on any atom is -0.392 e. The summed E-state index contributed by atoms with van der Waals surface area (Å²) in [6.45, 7) is 2.41. The van der Waals surface area contributed by atoms with E-state index in [0.29, 0.717) is 22.6 Å². The molecule has 1 heterocycles. The van der Waals surface area contributed by atoms with Crippen LogP contribution < -0.4 is 0 Å². The van der Waals surface area contributed by atoms with Crippen LogP contribution >= 0.6 is 23.2 Å². The van der Waals surface area contributed by atoms with E-state index >= 15 is 0 Å². The maximum atomic E-state index is 9.86. The van der Waals surface area contributed by atoms with Crippen LogP contribution in [0.15, 0.2) is 18.2 Å². The Morgan fingerprint density at radius 3 is 2.74 bits per heavy atom. The maximum Gasteiger partial charge on any atom is 0.0682 e. The van der Waals surface area contributed by atoms with Gasteiger partial charge in [0.15, 0.2) is 0 Å². The number of hydrogen-bond donors (Lipinski definition) is 1. The highest BCUT2D eigenvalue weighted by molar-refractivity contribution is 6.35. The Balaban J connectivity index is 2.07. The zero-order valence-corrected chi connectivity index (χ0v) is 12.8. The van der Waals surface area contributed by atoms with Crippen LogP contribution in [0.4, 0.5) is 0 Å². The molecule has 3 nitrogen and oxygen atoms in total. The number of rotatable bonds is 4. The van der Waals surface area contributed by atoms with Gasteiger partial charge >= 0.3 is 0 Å². The van der Waals surface area contributed by atoms with Crippen molar-refractivity contribution in [2.24, 2.45) is 0 Å². The molecule has 0 spiro atoms. The fourth-order valence-electron chi connectivity index (χ4n) is 2.63. The molecule has 1 aliphatic rings. The molecular weight excluding hydrogens is 283 g/mol. The first-order valence-electron chi connectivity index (χ1n) is 6.46. The molecule has 106 valence electrons. The van der Waals surface area contributed by atoms with E-state index in [-0.39, 0.29) is 6.10 Å². The predicted molar refractivity (Wildman–Crippen MR) is 79.8 cm³/mol. The highest BCUT2D eigenvalue weighted by Gasteiger charge is 2.31. The third kappa shape index (κ3) is 4.07. The molecule has 1 aromatic carbocycles. The molecule has 0 bridgehead atoms. The van der Waals surface area contributed by atoms with E-state index in [9.17, 15) is 5.11 Å². The molecule has 0 saturated carbocycles. The number of aliphatic hydroxyl groups is 1. The molecule has 1 aromatic rings. The zero-order valence-electron chi connectivity index (χ0n) is 11.3. The summed E-state index contributed by atoms with van der Waals surface area (Å²) >= 11 is 12.1. The van der Waals surface area contributed by atoms with Gasteiger partial charge in [0, 0.05) is 35.7 Å². The van der Waals surface area contributed by atoms with Crippen LogP contribution in [0.2, 0.25) is 10.0 Å². The minimum atomic E-state index is -0.240. The summed E-state index contributed by atoms with van der Waals surface area (Å²) in [5.41, 5.74) is 1.06. The van der Waals surface area contributed by atoms with Gasteiger partial charge in [-0.3, -0.25) is 4.90 Å². The highest BCUT2D eigenvalue weighted by atomic mass is 35.5. The first-order valence-corrected chi connectivity index (χ1v) is 7.22. The summed E-state index contributed by atoms with van der Waals surface area (Å²) in [7, 11) is 4.11. The fraction of sp³-hybridized carbons (Fsp3) is 0.571. The van der Waals surface area contributed by atoms with Gasteiger partial charge in [0.25, 0.3) is 0 Å². The number of benzene rings is 1. The molecule has 5 heteroatoms. The van der Waals surface area contributed by atoms with Crippen molar-refractivity contribution in [3.8, 4) is 0 Å². The smallest absolute Gasteiger partial charge is 0.0682 e. The molecule has 2 rings (SSSR count). The topological polar surface area (TPSA) is 26.7 Å². The Labute approximate surface area is 124 Å². The van der Waals surface area contributed by atoms with Crippen LogP contribution in [-0.2, 0) is 6.54 Å². The lowest BCUT2D eigenvalue weighted by molar-refractivity contribution is 0.169. The third-order valence-corrected chi connectivity index (χ3v) is 4.06. The van der Waals surface area contributed by atoms with E-state index in [4.69, 9.17) is 23.2 Å². The van der Waals surface area contributed by atoms with Gasteiger partial charge in [-0.15, -0.1) is 0 Å². The Hall–Kier alpha value is -0.320. The van der Waals surface area contributed by atoms with Crippen molar-refractivity contribution < 1.29 is 5.11 Å². The van der Waals surface area contributed by atoms with E-state index < -0.39 is 0 Å². The second kappa shape index (κ2) is 6.42. The van der Waals surface area contributed by atoms with Crippen molar-refractivity contribution in [1.29, 1.82) is 0 Å². The number of hydrogen-bond acceptors (Lipinski definition) is 3. The fourth-order valence-corrected chi connectivity index (χ4v) is 3.10. The summed E-state index contributed by atoms with van der Waals surface area (Å²) in [6.07, 6.45) is 0.583. The largest absolute Gasteiger partial charge is 0.392 e. The summed E-state index contributed by atoms with van der Waals surface area (Å²) < 4.78 is 0. The Morgan fingerprint density at radius 1 is 1.37 bits per heavy atom. The number of nitrogens with zero attached hydrogens (tertiary/aromatic N) is 2. The van der Waals surface area contributed by atoms with E-state index in [0.717, 1.165) is 25.1 Å². The SMILES string of the molecule is CN(C)CC1CC(O)CN1Cc1ccc(Cl)cc1Cl. The van der Waals surface area contributed by atoms with Gasteiger partial charge in [-0.05, 0) is 38.2 Å². The van der Waals surface area contributed by atoms with Crippen LogP contribution in [0.5, 0.6) is 0 Å². The Morgan fingerprint density at radius 2 is 2.11 bits per heavy atom. The predicted octanol–water partition coefficient (Wildman–Crippen LogP) is 2.49. The van der Waals surface area contributed by atoms with Gasteiger partial charge in [0.05, 0.1) is 6.10 Å². The van der Waals surface area contributed by atoms with Gasteiger partial charge in [0.2, 0.25) is 0 Å². The molecule has 2 unspecified atom stereocenters. The van der Waals surface area contributed by atoms with Crippen LogP contribution in [0.1, 0.15) is 12.0 Å². The molecule has 0 amide bonds. The van der Waals surface area contributed by atoms with Crippen LogP contribution in [0, 0.1) is 0 Å². The Kier molecular flexibility index (Phi) is 5.09. The second-order valence-corrected chi connectivity index (χ2v) is 6.31. The van der Waals surface area contributed by atoms with Crippen molar-refractivity contribution in [2.75, 3.05) is 27.2 Å². The number of likely N-dealkylation sites (N-methyl/N-ethyl adjacent to an activating group) is 1. The lowest BCUT2D eigenvalue weighted by atomic mass is 10.1. The molecule has 1 N–H and O–H groups in total. The van der Waals surface area contributed by atoms with Gasteiger partial charge in [-0.25, -0.2) is 0 Å². The molecule has 1 aliphatic heterocycles. The van der Waals surface area contributed by atoms with E-state index in [1.54, 1.807) is 6.07 Å². The number of β-amino-alcohol motifs (C(OH)–C–C–N with tert-alkyl or cyclic N) is 1. The average Bonchev–Trinajstić information content (AvgIpc) is 2.62. The Bertz CT molecular complexity index is 439. The maximum absolute atomic E-state index is 9.86. The van der Waals surface area contributed by atoms with Crippen LogP contribution in [-0.4, -0.2) is 54.2 Å². The monoisotopic (exact) mass is 302 g/mol. The van der Waals surface area contributed by atoms with Gasteiger partial charge in [-0.1, -0.05) is 29.3 Å². The number of aliphatic hydroxyl groups excluding tert-OH is 1. The number of halogens is 2. The van der Waals surface area contributed by atoms with E-state index in [1.807, 2.05) is 12.1 Å². The average molecular weight is 303 g/mol. The van der Waals surface area contributed by atoms with Crippen molar-refractivity contribution in [3.05, 3.63) is 33.8 Å². The van der Waals surface area contributed by atoms with E-state index in [1.165, 1.54) is 0 Å². The van der Waals surface area contributed by atoms with Gasteiger partial charge in [0.1, 0.15) is 0 Å². The normalized spacial score (nSPS) is 24.3. The van der Waals surface area contributed by atoms with Crippen molar-refractivity contribution >= 4 is 23.2 Å². The quantitative estimate of drug-likeness (QED) is 0.926. The first-order chi connectivity index (χ1) is 8.95. The molecule has 2 atom stereocenters. The zero-order chi connectivity index (χ0) is 14.0. The van der Waals surface area contributed by atoms with Crippen molar-refractivity contribution in [3.63, 3.8) is 0 Å². The number of likely N-dealkylation sites (tertiary alicyclic amines) is 1. The summed E-state index contributed by atoms with van der Waals surface area (Å²) in [4.78, 5) is 4.44.